The Morgan fingerprint density at radius 2 is 1.70 bits per heavy atom. The van der Waals surface area contributed by atoms with E-state index in [0.29, 0.717) is 6.54 Å². The number of benzene rings is 1. The first kappa shape index (κ1) is 16.7. The minimum Gasteiger partial charge on any atom is -0.481 e. The molecule has 1 aromatic rings. The summed E-state index contributed by atoms with van der Waals surface area (Å²) < 4.78 is 0. The number of aliphatic carboxylic acids is 1. The highest BCUT2D eigenvalue weighted by molar-refractivity contribution is 5.66. The summed E-state index contributed by atoms with van der Waals surface area (Å²) in [6.45, 7) is 13.3. The number of rotatable bonds is 5. The molecule has 0 aromatic heterocycles. The van der Waals surface area contributed by atoms with Gasteiger partial charge in [-0.25, -0.2) is 0 Å². The summed E-state index contributed by atoms with van der Waals surface area (Å²) in [6, 6.07) is 6.75. The number of nitrogens with zero attached hydrogens (tertiary/aromatic N) is 1. The molecule has 0 radical (unpaired) electrons. The minimum atomic E-state index is -0.744. The van der Waals surface area contributed by atoms with E-state index in [1.165, 1.54) is 16.7 Å². The summed E-state index contributed by atoms with van der Waals surface area (Å²) in [5.41, 5.74) is 3.69. The summed E-state index contributed by atoms with van der Waals surface area (Å²) in [5.74, 6) is -0.744. The van der Waals surface area contributed by atoms with Gasteiger partial charge in [-0.3, -0.25) is 9.69 Å². The molecule has 0 bridgehead atoms. The molecule has 1 N–H and O–H groups in total. The smallest absolute Gasteiger partial charge is 0.304 e. The van der Waals surface area contributed by atoms with Crippen LogP contribution in [-0.4, -0.2) is 28.1 Å². The monoisotopic (exact) mass is 277 g/mol. The molecule has 1 aromatic carbocycles. The van der Waals surface area contributed by atoms with Crippen LogP contribution in [0.15, 0.2) is 18.2 Å². The molecule has 3 heteroatoms. The third kappa shape index (κ3) is 4.64. The van der Waals surface area contributed by atoms with Crippen LogP contribution in [0.4, 0.5) is 0 Å². The van der Waals surface area contributed by atoms with Gasteiger partial charge in [-0.15, -0.1) is 0 Å². The second kappa shape index (κ2) is 6.40. The molecule has 0 spiro atoms. The summed E-state index contributed by atoms with van der Waals surface area (Å²) in [7, 11) is 0. The molecular formula is C17H27NO2. The van der Waals surface area contributed by atoms with Gasteiger partial charge in [0.15, 0.2) is 0 Å². The van der Waals surface area contributed by atoms with Gasteiger partial charge in [-0.2, -0.15) is 0 Å². The third-order valence-corrected chi connectivity index (χ3v) is 3.62. The molecule has 0 saturated heterocycles. The summed E-state index contributed by atoms with van der Waals surface area (Å²) >= 11 is 0. The molecule has 1 unspecified atom stereocenters. The van der Waals surface area contributed by atoms with Gasteiger partial charge in [-0.05, 0) is 47.1 Å². The van der Waals surface area contributed by atoms with Gasteiger partial charge in [0.2, 0.25) is 0 Å². The zero-order valence-corrected chi connectivity index (χ0v) is 13.5. The van der Waals surface area contributed by atoms with Crippen molar-refractivity contribution in [2.45, 2.75) is 59.5 Å². The zero-order valence-electron chi connectivity index (χ0n) is 13.5. The molecule has 112 valence electrons. The number of carboxylic acid groups (broad SMARTS) is 1. The summed E-state index contributed by atoms with van der Waals surface area (Å²) in [4.78, 5) is 13.1. The Morgan fingerprint density at radius 1 is 1.20 bits per heavy atom. The predicted octanol–water partition coefficient (Wildman–Crippen LogP) is 3.94. The van der Waals surface area contributed by atoms with Crippen LogP contribution in [0.1, 0.15) is 56.8 Å². The molecule has 0 fully saturated rings. The van der Waals surface area contributed by atoms with Crippen molar-refractivity contribution < 1.29 is 9.90 Å². The van der Waals surface area contributed by atoms with E-state index in [0.717, 1.165) is 0 Å². The lowest BCUT2D eigenvalue weighted by Crippen LogP contribution is -2.44. The predicted molar refractivity (Wildman–Crippen MR) is 83.0 cm³/mol. The van der Waals surface area contributed by atoms with Gasteiger partial charge >= 0.3 is 5.97 Å². The molecule has 1 atom stereocenters. The number of hydrogen-bond donors (Lipinski definition) is 1. The summed E-state index contributed by atoms with van der Waals surface area (Å²) in [6.07, 6.45) is 0.173. The number of hydrogen-bond acceptors (Lipinski definition) is 2. The molecule has 0 heterocycles. The first-order valence-electron chi connectivity index (χ1n) is 7.18. The normalized spacial score (nSPS) is 13.6. The van der Waals surface area contributed by atoms with Gasteiger partial charge in [-0.1, -0.05) is 29.3 Å². The Hall–Kier alpha value is -1.35. The average molecular weight is 277 g/mol. The number of carboxylic acids is 1. The highest BCUT2D eigenvalue weighted by Crippen LogP contribution is 2.29. The van der Waals surface area contributed by atoms with Crippen LogP contribution in [0.3, 0.4) is 0 Å². The quantitative estimate of drug-likeness (QED) is 0.886. The van der Waals surface area contributed by atoms with E-state index in [-0.39, 0.29) is 18.0 Å². The minimum absolute atomic E-state index is 0.0630. The van der Waals surface area contributed by atoms with Gasteiger partial charge in [0, 0.05) is 18.1 Å². The maximum absolute atomic E-state index is 10.9. The second-order valence-corrected chi connectivity index (χ2v) is 6.60. The fourth-order valence-electron chi connectivity index (χ4n) is 2.76. The fourth-order valence-corrected chi connectivity index (χ4v) is 2.76. The first-order chi connectivity index (χ1) is 9.11. The third-order valence-electron chi connectivity index (χ3n) is 3.62. The van der Waals surface area contributed by atoms with Crippen LogP contribution in [0.25, 0.3) is 0 Å². The Morgan fingerprint density at radius 3 is 2.10 bits per heavy atom. The van der Waals surface area contributed by atoms with Crippen molar-refractivity contribution >= 4 is 5.97 Å². The van der Waals surface area contributed by atoms with Crippen molar-refractivity contribution in [3.8, 4) is 0 Å². The Bertz CT molecular complexity index is 454. The molecular weight excluding hydrogens is 250 g/mol. The molecule has 0 amide bonds. The SMILES string of the molecule is Cc1cc(C)cc(C(C)N(CCC(=O)O)C(C)(C)C)c1. The van der Waals surface area contributed by atoms with E-state index in [1.54, 1.807) is 0 Å². The lowest BCUT2D eigenvalue weighted by Gasteiger charge is -2.40. The topological polar surface area (TPSA) is 40.5 Å². The van der Waals surface area contributed by atoms with Crippen LogP contribution in [0.2, 0.25) is 0 Å². The highest BCUT2D eigenvalue weighted by atomic mass is 16.4. The maximum Gasteiger partial charge on any atom is 0.304 e. The van der Waals surface area contributed by atoms with E-state index in [4.69, 9.17) is 5.11 Å². The van der Waals surface area contributed by atoms with E-state index in [1.807, 2.05) is 0 Å². The van der Waals surface area contributed by atoms with E-state index >= 15 is 0 Å². The van der Waals surface area contributed by atoms with Crippen LogP contribution >= 0.6 is 0 Å². The molecule has 0 saturated carbocycles. The van der Waals surface area contributed by atoms with Crippen molar-refractivity contribution in [3.63, 3.8) is 0 Å². The number of carbonyl (C=O) groups is 1. The fraction of sp³-hybridized carbons (Fsp3) is 0.588. The molecule has 3 nitrogen and oxygen atoms in total. The van der Waals surface area contributed by atoms with Crippen molar-refractivity contribution in [1.29, 1.82) is 0 Å². The average Bonchev–Trinajstić information content (AvgIpc) is 2.25. The van der Waals surface area contributed by atoms with Crippen molar-refractivity contribution in [2.75, 3.05) is 6.54 Å². The Balaban J connectivity index is 3.03. The van der Waals surface area contributed by atoms with Gasteiger partial charge in [0.25, 0.3) is 0 Å². The molecule has 0 aliphatic carbocycles. The van der Waals surface area contributed by atoms with Gasteiger partial charge < -0.3 is 5.11 Å². The Kier molecular flexibility index (Phi) is 5.35. The molecule has 1 rings (SSSR count). The van der Waals surface area contributed by atoms with Crippen LogP contribution in [-0.2, 0) is 4.79 Å². The zero-order chi connectivity index (χ0) is 15.5. The van der Waals surface area contributed by atoms with Crippen molar-refractivity contribution in [1.82, 2.24) is 4.90 Å². The van der Waals surface area contributed by atoms with Gasteiger partial charge in [0.05, 0.1) is 6.42 Å². The van der Waals surface area contributed by atoms with Crippen molar-refractivity contribution in [2.24, 2.45) is 0 Å². The van der Waals surface area contributed by atoms with E-state index in [9.17, 15) is 4.79 Å². The molecule has 0 aliphatic heterocycles. The maximum atomic E-state index is 10.9. The van der Waals surface area contributed by atoms with Crippen molar-refractivity contribution in [3.05, 3.63) is 34.9 Å². The standard InChI is InChI=1S/C17H27NO2/c1-12-9-13(2)11-15(10-12)14(3)18(17(4,5)6)8-7-16(19)20/h9-11,14H,7-8H2,1-6H3,(H,19,20). The molecule has 20 heavy (non-hydrogen) atoms. The van der Waals surface area contributed by atoms with Crippen LogP contribution < -0.4 is 0 Å². The number of aryl methyl sites for hydroxylation is 2. The lowest BCUT2D eigenvalue weighted by atomic mass is 9.96. The van der Waals surface area contributed by atoms with Crippen LogP contribution in [0.5, 0.6) is 0 Å². The van der Waals surface area contributed by atoms with E-state index < -0.39 is 5.97 Å². The first-order valence-corrected chi connectivity index (χ1v) is 7.18. The molecule has 0 aliphatic rings. The largest absolute Gasteiger partial charge is 0.481 e. The Labute approximate surface area is 122 Å². The van der Waals surface area contributed by atoms with Gasteiger partial charge in [0.1, 0.15) is 0 Å². The highest BCUT2D eigenvalue weighted by Gasteiger charge is 2.27. The van der Waals surface area contributed by atoms with E-state index in [2.05, 4.69) is 64.6 Å². The van der Waals surface area contributed by atoms with Crippen LogP contribution in [0, 0.1) is 13.8 Å². The second-order valence-electron chi connectivity index (χ2n) is 6.60. The summed E-state index contributed by atoms with van der Waals surface area (Å²) in [5, 5.41) is 8.94. The lowest BCUT2D eigenvalue weighted by molar-refractivity contribution is -0.137.